The second-order valence-corrected chi connectivity index (χ2v) is 6.21. The minimum Gasteiger partial charge on any atom is -0.383 e. The SMILES string of the molecule is COCC(C)N1C(=O)C(c2ccccc2)NC1CC(C)C. The molecule has 1 saturated heterocycles. The van der Waals surface area contributed by atoms with Gasteiger partial charge in [-0.25, -0.2) is 0 Å². The third-order valence-corrected chi connectivity index (χ3v) is 3.91. The van der Waals surface area contributed by atoms with Crippen molar-refractivity contribution in [2.45, 2.75) is 45.4 Å². The maximum Gasteiger partial charge on any atom is 0.245 e. The lowest BCUT2D eigenvalue weighted by Crippen LogP contribution is -2.45. The van der Waals surface area contributed by atoms with E-state index in [2.05, 4.69) is 19.2 Å². The van der Waals surface area contributed by atoms with E-state index < -0.39 is 0 Å². The summed E-state index contributed by atoms with van der Waals surface area (Å²) in [5.74, 6) is 0.679. The van der Waals surface area contributed by atoms with E-state index in [9.17, 15) is 4.79 Å². The molecule has 1 heterocycles. The molecule has 4 heteroatoms. The topological polar surface area (TPSA) is 41.6 Å². The van der Waals surface area contributed by atoms with Crippen LogP contribution < -0.4 is 5.32 Å². The standard InChI is InChI=1S/C17H26N2O2/c1-12(2)10-15-18-16(14-8-6-5-7-9-14)17(20)19(15)13(3)11-21-4/h5-9,12-13,15-16,18H,10-11H2,1-4H3. The van der Waals surface area contributed by atoms with Gasteiger partial charge >= 0.3 is 0 Å². The lowest BCUT2D eigenvalue weighted by atomic mass is 10.1. The van der Waals surface area contributed by atoms with Gasteiger partial charge in [-0.3, -0.25) is 10.1 Å². The molecule has 1 aliphatic rings. The quantitative estimate of drug-likeness (QED) is 0.875. The van der Waals surface area contributed by atoms with Crippen molar-refractivity contribution in [3.63, 3.8) is 0 Å². The number of ether oxygens (including phenoxy) is 1. The molecule has 1 amide bonds. The highest BCUT2D eigenvalue weighted by Gasteiger charge is 2.41. The van der Waals surface area contributed by atoms with E-state index in [1.54, 1.807) is 7.11 Å². The fourth-order valence-corrected chi connectivity index (χ4v) is 3.00. The summed E-state index contributed by atoms with van der Waals surface area (Å²) in [6.07, 6.45) is 1.02. The summed E-state index contributed by atoms with van der Waals surface area (Å²) in [6.45, 7) is 6.97. The molecule has 3 atom stereocenters. The number of rotatable bonds is 6. The van der Waals surface area contributed by atoms with E-state index in [0.717, 1.165) is 12.0 Å². The van der Waals surface area contributed by atoms with Crippen LogP contribution in [0.4, 0.5) is 0 Å². The highest BCUT2D eigenvalue weighted by atomic mass is 16.5. The predicted molar refractivity (Wildman–Crippen MR) is 83.7 cm³/mol. The molecule has 1 aromatic rings. The summed E-state index contributed by atoms with van der Waals surface area (Å²) in [6, 6.07) is 9.77. The smallest absolute Gasteiger partial charge is 0.245 e. The predicted octanol–water partition coefficient (Wildman–Crippen LogP) is 2.57. The summed E-state index contributed by atoms with van der Waals surface area (Å²) in [7, 11) is 1.68. The van der Waals surface area contributed by atoms with Gasteiger partial charge in [0.1, 0.15) is 6.04 Å². The van der Waals surface area contributed by atoms with Gasteiger partial charge in [0.25, 0.3) is 0 Å². The number of carbonyl (C=O) groups excluding carboxylic acids is 1. The molecule has 21 heavy (non-hydrogen) atoms. The molecule has 1 N–H and O–H groups in total. The van der Waals surface area contributed by atoms with Crippen LogP contribution >= 0.6 is 0 Å². The highest BCUT2D eigenvalue weighted by molar-refractivity contribution is 5.86. The molecule has 3 unspecified atom stereocenters. The van der Waals surface area contributed by atoms with Crippen LogP contribution in [-0.2, 0) is 9.53 Å². The van der Waals surface area contributed by atoms with Crippen LogP contribution in [0.3, 0.4) is 0 Å². The van der Waals surface area contributed by atoms with Crippen LogP contribution in [0.1, 0.15) is 38.8 Å². The zero-order valence-electron chi connectivity index (χ0n) is 13.4. The first-order chi connectivity index (χ1) is 10.0. The van der Waals surface area contributed by atoms with Crippen LogP contribution in [0, 0.1) is 5.92 Å². The van der Waals surface area contributed by atoms with Gasteiger partial charge in [0, 0.05) is 7.11 Å². The van der Waals surface area contributed by atoms with Crippen molar-refractivity contribution >= 4 is 5.91 Å². The van der Waals surface area contributed by atoms with Crippen molar-refractivity contribution in [1.82, 2.24) is 10.2 Å². The highest BCUT2D eigenvalue weighted by Crippen LogP contribution is 2.28. The number of nitrogens with zero attached hydrogens (tertiary/aromatic N) is 1. The molecule has 0 aliphatic carbocycles. The summed E-state index contributed by atoms with van der Waals surface area (Å²) in [5, 5.41) is 3.50. The molecule has 0 bridgehead atoms. The first-order valence-electron chi connectivity index (χ1n) is 7.66. The number of hydrogen-bond donors (Lipinski definition) is 1. The van der Waals surface area contributed by atoms with Gasteiger partial charge in [-0.05, 0) is 24.8 Å². The molecule has 1 aromatic carbocycles. The van der Waals surface area contributed by atoms with Crippen molar-refractivity contribution in [3.8, 4) is 0 Å². The first kappa shape index (κ1) is 16.0. The molecule has 4 nitrogen and oxygen atoms in total. The molecule has 116 valence electrons. The van der Waals surface area contributed by atoms with Crippen molar-refractivity contribution in [2.75, 3.05) is 13.7 Å². The Morgan fingerprint density at radius 1 is 1.24 bits per heavy atom. The van der Waals surface area contributed by atoms with Gasteiger partial charge in [0.2, 0.25) is 5.91 Å². The molecular weight excluding hydrogens is 264 g/mol. The second-order valence-electron chi connectivity index (χ2n) is 6.21. The Morgan fingerprint density at radius 3 is 2.48 bits per heavy atom. The van der Waals surface area contributed by atoms with Crippen LogP contribution in [0.15, 0.2) is 30.3 Å². The summed E-state index contributed by atoms with van der Waals surface area (Å²) >= 11 is 0. The summed E-state index contributed by atoms with van der Waals surface area (Å²) in [4.78, 5) is 14.8. The number of hydrogen-bond acceptors (Lipinski definition) is 3. The van der Waals surface area contributed by atoms with E-state index in [-0.39, 0.29) is 24.2 Å². The number of carbonyl (C=O) groups is 1. The van der Waals surface area contributed by atoms with Gasteiger partial charge < -0.3 is 9.64 Å². The number of benzene rings is 1. The van der Waals surface area contributed by atoms with Crippen LogP contribution in [-0.4, -0.2) is 36.7 Å². The summed E-state index contributed by atoms with van der Waals surface area (Å²) in [5.41, 5.74) is 1.03. The number of nitrogens with one attached hydrogen (secondary N) is 1. The molecule has 0 saturated carbocycles. The van der Waals surface area contributed by atoms with Crippen LogP contribution in [0.5, 0.6) is 0 Å². The van der Waals surface area contributed by atoms with Crippen molar-refractivity contribution in [1.29, 1.82) is 0 Å². The minimum atomic E-state index is -0.241. The number of methoxy groups -OCH3 is 1. The lowest BCUT2D eigenvalue weighted by molar-refractivity contribution is -0.133. The normalized spacial score (nSPS) is 23.9. The molecule has 0 radical (unpaired) electrons. The Kier molecular flexibility index (Phi) is 5.37. The zero-order chi connectivity index (χ0) is 15.4. The maximum atomic E-state index is 12.8. The Balaban J connectivity index is 2.22. The monoisotopic (exact) mass is 290 g/mol. The Morgan fingerprint density at radius 2 is 1.90 bits per heavy atom. The molecule has 1 aliphatic heterocycles. The zero-order valence-corrected chi connectivity index (χ0v) is 13.4. The van der Waals surface area contributed by atoms with E-state index >= 15 is 0 Å². The third-order valence-electron chi connectivity index (χ3n) is 3.91. The van der Waals surface area contributed by atoms with E-state index in [0.29, 0.717) is 12.5 Å². The average molecular weight is 290 g/mol. The fourth-order valence-electron chi connectivity index (χ4n) is 3.00. The van der Waals surface area contributed by atoms with Crippen LogP contribution in [0.2, 0.25) is 0 Å². The van der Waals surface area contributed by atoms with Gasteiger partial charge in [0.15, 0.2) is 0 Å². The van der Waals surface area contributed by atoms with E-state index in [1.165, 1.54) is 0 Å². The van der Waals surface area contributed by atoms with E-state index in [4.69, 9.17) is 4.74 Å². The van der Waals surface area contributed by atoms with Gasteiger partial charge in [-0.2, -0.15) is 0 Å². The van der Waals surface area contributed by atoms with Gasteiger partial charge in [-0.1, -0.05) is 44.2 Å². The third kappa shape index (κ3) is 3.63. The molecule has 1 fully saturated rings. The number of amides is 1. The largest absolute Gasteiger partial charge is 0.383 e. The van der Waals surface area contributed by atoms with Gasteiger partial charge in [0.05, 0.1) is 18.8 Å². The Labute approximate surface area is 127 Å². The van der Waals surface area contributed by atoms with E-state index in [1.807, 2.05) is 42.2 Å². The Bertz CT molecular complexity index is 461. The fraction of sp³-hybridized carbons (Fsp3) is 0.588. The second kappa shape index (κ2) is 7.05. The maximum absolute atomic E-state index is 12.8. The average Bonchev–Trinajstić information content (AvgIpc) is 2.76. The minimum absolute atomic E-state index is 0.0764. The molecular formula is C17H26N2O2. The van der Waals surface area contributed by atoms with Crippen LogP contribution in [0.25, 0.3) is 0 Å². The lowest BCUT2D eigenvalue weighted by Gasteiger charge is -2.30. The van der Waals surface area contributed by atoms with Crippen molar-refractivity contribution in [3.05, 3.63) is 35.9 Å². The Hall–Kier alpha value is -1.39. The molecule has 2 rings (SSSR count). The first-order valence-corrected chi connectivity index (χ1v) is 7.66. The summed E-state index contributed by atoms with van der Waals surface area (Å²) < 4.78 is 5.24. The van der Waals surface area contributed by atoms with Gasteiger partial charge in [-0.15, -0.1) is 0 Å². The molecule has 0 spiro atoms. The molecule has 0 aromatic heterocycles. The van der Waals surface area contributed by atoms with Crippen molar-refractivity contribution < 1.29 is 9.53 Å². The van der Waals surface area contributed by atoms with Crippen molar-refractivity contribution in [2.24, 2.45) is 5.92 Å².